The van der Waals surface area contributed by atoms with E-state index in [9.17, 15) is 4.21 Å². The lowest BCUT2D eigenvalue weighted by Crippen LogP contribution is -2.27. The Labute approximate surface area is 230 Å². The van der Waals surface area contributed by atoms with Gasteiger partial charge in [-0.2, -0.15) is 10.1 Å². The Morgan fingerprint density at radius 2 is 1.92 bits per heavy atom. The van der Waals surface area contributed by atoms with Crippen molar-refractivity contribution in [3.8, 4) is 17.1 Å². The first kappa shape index (κ1) is 26.3. The molecule has 38 heavy (non-hydrogen) atoms. The van der Waals surface area contributed by atoms with Crippen molar-refractivity contribution in [1.29, 1.82) is 0 Å². The highest BCUT2D eigenvalue weighted by Gasteiger charge is 2.25. The predicted molar refractivity (Wildman–Crippen MR) is 151 cm³/mol. The lowest BCUT2D eigenvalue weighted by molar-refractivity contribution is 0.193. The summed E-state index contributed by atoms with van der Waals surface area (Å²) in [6, 6.07) is 16.0. The van der Waals surface area contributed by atoms with E-state index in [0.717, 1.165) is 59.9 Å². The largest absolute Gasteiger partial charge is 0.473 e. The number of likely N-dealkylation sites (tertiary alicyclic amines) is 1. The van der Waals surface area contributed by atoms with Gasteiger partial charge in [0, 0.05) is 49.5 Å². The molecule has 4 aromatic rings. The van der Waals surface area contributed by atoms with Crippen molar-refractivity contribution in [2.24, 2.45) is 7.05 Å². The monoisotopic (exact) mass is 550 g/mol. The smallest absolute Gasteiger partial charge is 0.238 e. The second kappa shape index (κ2) is 11.6. The molecule has 1 N–H and O–H groups in total. The molecular formula is C28H31ClN6O2S. The number of benzene rings is 2. The van der Waals surface area contributed by atoms with Crippen LogP contribution in [0, 0.1) is 13.8 Å². The number of anilines is 1. The van der Waals surface area contributed by atoms with Gasteiger partial charge in [0.15, 0.2) is 11.0 Å². The van der Waals surface area contributed by atoms with E-state index in [2.05, 4.69) is 51.8 Å². The summed E-state index contributed by atoms with van der Waals surface area (Å²) in [5.41, 5.74) is 5.17. The van der Waals surface area contributed by atoms with Gasteiger partial charge in [0.1, 0.15) is 6.10 Å². The molecule has 1 fully saturated rings. The third-order valence-corrected chi connectivity index (χ3v) is 7.88. The Bertz CT molecular complexity index is 1440. The maximum absolute atomic E-state index is 12.9. The molecule has 198 valence electrons. The lowest BCUT2D eigenvalue weighted by atomic mass is 10.00. The number of hydrogen-bond acceptors (Lipinski definition) is 6. The second-order valence-corrected chi connectivity index (χ2v) is 11.3. The Morgan fingerprint density at radius 1 is 1.13 bits per heavy atom. The van der Waals surface area contributed by atoms with Crippen molar-refractivity contribution in [3.63, 3.8) is 0 Å². The van der Waals surface area contributed by atoms with Crippen LogP contribution in [0.3, 0.4) is 0 Å². The van der Waals surface area contributed by atoms with Gasteiger partial charge in [0.25, 0.3) is 0 Å². The first-order chi connectivity index (χ1) is 18.3. The van der Waals surface area contributed by atoms with Gasteiger partial charge in [-0.05, 0) is 55.5 Å². The van der Waals surface area contributed by atoms with Gasteiger partial charge in [0.05, 0.1) is 16.8 Å². The van der Waals surface area contributed by atoms with E-state index < -0.39 is 11.0 Å². The summed E-state index contributed by atoms with van der Waals surface area (Å²) >= 11 is 6.14. The maximum atomic E-state index is 12.9. The standard InChI is InChI=1S/C28H31ClN6O2S/c1-19-6-4-7-20(2)27(19)25-15-26(32-28(31-25)33-38(36)24-16-30-34(3)18-24)37-23-11-13-35(17-23)12-10-21-8-5-9-22(29)14-21/h4-9,14-16,18,23H,10-13,17H2,1-3H3,(H,31,32,33). The number of halogens is 1. The number of nitrogens with zero attached hydrogens (tertiary/aromatic N) is 5. The van der Waals surface area contributed by atoms with E-state index in [1.165, 1.54) is 5.56 Å². The summed E-state index contributed by atoms with van der Waals surface area (Å²) in [5, 5.41) is 4.87. The topological polar surface area (TPSA) is 85.2 Å². The Hall–Kier alpha value is -3.27. The Balaban J connectivity index is 1.33. The normalized spacial score (nSPS) is 16.5. The molecule has 1 aliphatic rings. The molecule has 1 saturated heterocycles. The molecule has 0 spiro atoms. The van der Waals surface area contributed by atoms with Crippen molar-refractivity contribution < 1.29 is 8.95 Å². The average Bonchev–Trinajstić information content (AvgIpc) is 3.51. The van der Waals surface area contributed by atoms with Crippen molar-refractivity contribution in [2.75, 3.05) is 24.4 Å². The van der Waals surface area contributed by atoms with Crippen LogP contribution < -0.4 is 9.46 Å². The minimum Gasteiger partial charge on any atom is -0.473 e. The van der Waals surface area contributed by atoms with Gasteiger partial charge in [0.2, 0.25) is 11.8 Å². The van der Waals surface area contributed by atoms with Crippen LogP contribution in [0.4, 0.5) is 5.95 Å². The van der Waals surface area contributed by atoms with Gasteiger partial charge in [-0.3, -0.25) is 14.3 Å². The molecule has 0 amide bonds. The molecule has 2 atom stereocenters. The number of hydrogen-bond donors (Lipinski definition) is 1. The van der Waals surface area contributed by atoms with E-state index in [-0.39, 0.29) is 12.1 Å². The van der Waals surface area contributed by atoms with Gasteiger partial charge in [-0.1, -0.05) is 41.9 Å². The number of aromatic nitrogens is 4. The van der Waals surface area contributed by atoms with Gasteiger partial charge in [-0.25, -0.2) is 9.19 Å². The van der Waals surface area contributed by atoms with Gasteiger partial charge >= 0.3 is 0 Å². The first-order valence-electron chi connectivity index (χ1n) is 12.6. The Morgan fingerprint density at radius 3 is 2.66 bits per heavy atom. The van der Waals surface area contributed by atoms with Crippen LogP contribution >= 0.6 is 11.6 Å². The second-order valence-electron chi connectivity index (χ2n) is 9.61. The molecule has 2 aromatic carbocycles. The summed E-state index contributed by atoms with van der Waals surface area (Å²) in [7, 11) is 0.221. The zero-order valence-electron chi connectivity index (χ0n) is 21.7. The van der Waals surface area contributed by atoms with Crippen molar-refractivity contribution in [3.05, 3.63) is 82.6 Å². The van der Waals surface area contributed by atoms with Crippen LogP contribution in [0.2, 0.25) is 5.02 Å². The quantitative estimate of drug-likeness (QED) is 0.316. The fraction of sp³-hybridized carbons (Fsp3) is 0.321. The van der Waals surface area contributed by atoms with Crippen molar-refractivity contribution in [2.45, 2.75) is 37.7 Å². The van der Waals surface area contributed by atoms with Crippen LogP contribution in [0.1, 0.15) is 23.1 Å². The van der Waals surface area contributed by atoms with Gasteiger partial charge < -0.3 is 4.74 Å². The van der Waals surface area contributed by atoms with E-state index in [4.69, 9.17) is 21.3 Å². The van der Waals surface area contributed by atoms with Gasteiger partial charge in [-0.15, -0.1) is 0 Å². The molecule has 0 saturated carbocycles. The highest BCUT2D eigenvalue weighted by Crippen LogP contribution is 2.30. The molecule has 2 aromatic heterocycles. The highest BCUT2D eigenvalue weighted by molar-refractivity contribution is 7.86. The minimum absolute atomic E-state index is 0.00625. The third-order valence-electron chi connectivity index (χ3n) is 6.64. The van der Waals surface area contributed by atoms with E-state index in [1.807, 2.05) is 30.3 Å². The molecule has 0 bridgehead atoms. The summed E-state index contributed by atoms with van der Waals surface area (Å²) < 4.78 is 23.9. The molecule has 2 unspecified atom stereocenters. The van der Waals surface area contributed by atoms with E-state index in [1.54, 1.807) is 24.1 Å². The van der Waals surface area contributed by atoms with E-state index >= 15 is 0 Å². The van der Waals surface area contributed by atoms with Crippen LogP contribution in [-0.4, -0.2) is 54.6 Å². The summed E-state index contributed by atoms with van der Waals surface area (Å²) in [6.45, 7) is 6.82. The Kier molecular flexibility index (Phi) is 8.06. The fourth-order valence-electron chi connectivity index (χ4n) is 4.76. The number of aryl methyl sites for hydroxylation is 3. The molecule has 0 radical (unpaired) electrons. The minimum atomic E-state index is -1.56. The van der Waals surface area contributed by atoms with Crippen LogP contribution in [0.15, 0.2) is 65.8 Å². The number of nitrogens with one attached hydrogen (secondary N) is 1. The molecule has 3 heterocycles. The molecule has 8 nitrogen and oxygen atoms in total. The molecule has 0 aliphatic carbocycles. The molecule has 10 heteroatoms. The maximum Gasteiger partial charge on any atom is 0.238 e. The van der Waals surface area contributed by atoms with Crippen molar-refractivity contribution in [1.82, 2.24) is 24.6 Å². The summed E-state index contributed by atoms with van der Waals surface area (Å²) in [6.07, 6.45) is 5.11. The summed E-state index contributed by atoms with van der Waals surface area (Å²) in [5.74, 6) is 0.711. The van der Waals surface area contributed by atoms with Crippen LogP contribution in [0.5, 0.6) is 5.88 Å². The number of ether oxygens (including phenoxy) is 1. The first-order valence-corrected chi connectivity index (χ1v) is 14.1. The highest BCUT2D eigenvalue weighted by atomic mass is 35.5. The molecule has 1 aliphatic heterocycles. The SMILES string of the molecule is Cc1cccc(C)c1-c1cc(OC2CCN(CCc3cccc(Cl)c3)C2)nc(NS(=O)c2cnn(C)c2)n1. The zero-order chi connectivity index (χ0) is 26.6. The third kappa shape index (κ3) is 6.40. The molecular weight excluding hydrogens is 520 g/mol. The molecule has 5 rings (SSSR count). The van der Waals surface area contributed by atoms with Crippen molar-refractivity contribution >= 4 is 28.5 Å². The predicted octanol–water partition coefficient (Wildman–Crippen LogP) is 4.98. The van der Waals surface area contributed by atoms with E-state index in [0.29, 0.717) is 10.8 Å². The lowest BCUT2D eigenvalue weighted by Gasteiger charge is -2.18. The zero-order valence-corrected chi connectivity index (χ0v) is 23.3. The fourth-order valence-corrected chi connectivity index (χ4v) is 5.74. The van der Waals surface area contributed by atoms with Crippen LogP contribution in [0.25, 0.3) is 11.3 Å². The number of rotatable bonds is 9. The average molecular weight is 551 g/mol. The van der Waals surface area contributed by atoms with Crippen LogP contribution in [-0.2, 0) is 24.5 Å². The summed E-state index contributed by atoms with van der Waals surface area (Å²) in [4.78, 5) is 12.2.